The Morgan fingerprint density at radius 1 is 0.271 bits per heavy atom. The van der Waals surface area contributed by atoms with Gasteiger partial charge in [-0.05, 0) is 109 Å². The number of oxazole rings is 1. The van der Waals surface area contributed by atoms with Gasteiger partial charge < -0.3 is 4.42 Å². The van der Waals surface area contributed by atoms with Crippen LogP contribution in [0, 0.1) is 11.3 Å². The SMILES string of the molecule is N#Cc1cccc(-c2ccc(-c3ccc4ccccc4c3-c3nc(-c4ccccc4)nc(-c4cccc(-c5ccc6nc(-c7ccc(-c8ccc9ccccc9c8-c8nc(-c9ccccc9)nc(-c9ccccc9)n8)cc7)oc6c5)c4)n3)cc2)c1. The highest BCUT2D eigenvalue weighted by Crippen LogP contribution is 2.42. The molecule has 0 aliphatic heterocycles. The van der Waals surface area contributed by atoms with E-state index in [2.05, 4.69) is 146 Å². The van der Waals surface area contributed by atoms with Crippen molar-refractivity contribution in [2.45, 2.75) is 0 Å². The standard InChI is InChI=1S/C76H46N8O/c77-47-48-16-14-25-58(44-48)49-30-32-52(33-31-49)64-41-38-51-18-11-13-29-63(51)69(64)75-83-72(56-23-8-3-9-24-56)80-73(84-75)61-27-15-26-59(45-61)60-40-43-66-67(46-60)85-76(78-66)57-36-34-53(35-37-57)65-42-39-50-17-10-12-28-62(50)68(65)74-81-70(54-19-4-1-5-20-54)79-71(82-74)55-21-6-2-7-22-55/h1-46H. The molecular weight excluding hydrogens is 1040 g/mol. The van der Waals surface area contributed by atoms with Gasteiger partial charge in [-0.15, -0.1) is 0 Å². The summed E-state index contributed by atoms with van der Waals surface area (Å²) >= 11 is 0. The van der Waals surface area contributed by atoms with Crippen LogP contribution in [0.25, 0.3) is 157 Å². The average molecular weight is 1090 g/mol. The summed E-state index contributed by atoms with van der Waals surface area (Å²) in [4.78, 5) is 36.1. The van der Waals surface area contributed by atoms with Crippen LogP contribution in [0.3, 0.4) is 0 Å². The largest absolute Gasteiger partial charge is 0.436 e. The highest BCUT2D eigenvalue weighted by Gasteiger charge is 2.22. The Hall–Kier alpha value is -11.9. The van der Waals surface area contributed by atoms with Gasteiger partial charge in [-0.1, -0.05) is 237 Å². The van der Waals surface area contributed by atoms with Gasteiger partial charge in [-0.25, -0.2) is 34.9 Å². The van der Waals surface area contributed by atoms with Crippen molar-refractivity contribution in [3.8, 4) is 130 Å². The van der Waals surface area contributed by atoms with E-state index in [1.807, 2.05) is 140 Å². The quantitative estimate of drug-likeness (QED) is 0.124. The molecule has 12 aromatic carbocycles. The summed E-state index contributed by atoms with van der Waals surface area (Å²) in [6, 6.07) is 96.7. The molecule has 0 radical (unpaired) electrons. The number of hydrogen-bond acceptors (Lipinski definition) is 9. The van der Waals surface area contributed by atoms with E-state index in [9.17, 15) is 5.26 Å². The van der Waals surface area contributed by atoms with Crippen LogP contribution >= 0.6 is 0 Å². The molecule has 0 spiro atoms. The van der Waals surface area contributed by atoms with Gasteiger partial charge in [-0.3, -0.25) is 0 Å². The molecule has 0 atom stereocenters. The van der Waals surface area contributed by atoms with Crippen LogP contribution in [0.2, 0.25) is 0 Å². The zero-order chi connectivity index (χ0) is 56.6. The third-order valence-electron chi connectivity index (χ3n) is 15.5. The summed E-state index contributed by atoms with van der Waals surface area (Å²) in [5.41, 5.74) is 16.2. The summed E-state index contributed by atoms with van der Waals surface area (Å²) in [6.45, 7) is 0. The van der Waals surface area contributed by atoms with E-state index in [0.29, 0.717) is 52.0 Å². The lowest BCUT2D eigenvalue weighted by Gasteiger charge is -2.15. The van der Waals surface area contributed by atoms with Crippen molar-refractivity contribution in [2.75, 3.05) is 0 Å². The van der Waals surface area contributed by atoms with E-state index >= 15 is 0 Å². The second-order valence-corrected chi connectivity index (χ2v) is 20.8. The Bertz CT molecular complexity index is 5000. The Labute approximate surface area is 489 Å². The molecule has 15 aromatic rings. The maximum atomic E-state index is 9.59. The second-order valence-electron chi connectivity index (χ2n) is 20.8. The van der Waals surface area contributed by atoms with Crippen molar-refractivity contribution >= 4 is 32.6 Å². The van der Waals surface area contributed by atoms with Gasteiger partial charge in [0.2, 0.25) is 5.89 Å². The molecule has 0 saturated carbocycles. The summed E-state index contributed by atoms with van der Waals surface area (Å²) in [5, 5.41) is 13.8. The predicted molar refractivity (Wildman–Crippen MR) is 340 cm³/mol. The molecule has 15 rings (SSSR count). The molecule has 3 heterocycles. The van der Waals surface area contributed by atoms with Crippen LogP contribution in [-0.2, 0) is 0 Å². The molecule has 0 bridgehead atoms. The van der Waals surface area contributed by atoms with Gasteiger partial charge in [0, 0.05) is 38.9 Å². The summed E-state index contributed by atoms with van der Waals surface area (Å²) in [6.07, 6.45) is 0. The predicted octanol–water partition coefficient (Wildman–Crippen LogP) is 18.7. The number of benzene rings is 12. The van der Waals surface area contributed by atoms with E-state index in [-0.39, 0.29) is 0 Å². The first-order valence-electron chi connectivity index (χ1n) is 28.0. The Balaban J connectivity index is 0.773. The van der Waals surface area contributed by atoms with Gasteiger partial charge in [0.1, 0.15) is 5.52 Å². The fourth-order valence-corrected chi connectivity index (χ4v) is 11.2. The number of nitriles is 1. The first kappa shape index (κ1) is 50.1. The lowest BCUT2D eigenvalue weighted by Crippen LogP contribution is -2.02. The zero-order valence-corrected chi connectivity index (χ0v) is 45.5. The molecule has 0 unspecified atom stereocenters. The van der Waals surface area contributed by atoms with E-state index in [1.165, 1.54) is 0 Å². The lowest BCUT2D eigenvalue weighted by molar-refractivity contribution is 0.620. The summed E-state index contributed by atoms with van der Waals surface area (Å²) < 4.78 is 6.61. The number of nitrogens with zero attached hydrogens (tertiary/aromatic N) is 8. The third kappa shape index (κ3) is 9.71. The molecular formula is C76H46N8O. The minimum Gasteiger partial charge on any atom is -0.436 e. The minimum absolute atomic E-state index is 0.518. The highest BCUT2D eigenvalue weighted by atomic mass is 16.3. The molecule has 0 aliphatic rings. The number of fused-ring (bicyclic) bond motifs is 3. The lowest BCUT2D eigenvalue weighted by atomic mass is 9.92. The number of rotatable bonds is 11. The van der Waals surface area contributed by atoms with Crippen molar-refractivity contribution in [2.24, 2.45) is 0 Å². The van der Waals surface area contributed by atoms with E-state index in [1.54, 1.807) is 0 Å². The summed E-state index contributed by atoms with van der Waals surface area (Å²) in [5.74, 6) is 3.99. The van der Waals surface area contributed by atoms with Gasteiger partial charge in [0.25, 0.3) is 0 Å². The maximum absolute atomic E-state index is 9.59. The molecule has 3 aromatic heterocycles. The van der Waals surface area contributed by atoms with E-state index in [4.69, 9.17) is 39.3 Å². The molecule has 9 nitrogen and oxygen atoms in total. The Morgan fingerprint density at radius 3 is 1.20 bits per heavy atom. The van der Waals surface area contributed by atoms with Crippen LogP contribution in [0.15, 0.2) is 283 Å². The van der Waals surface area contributed by atoms with Crippen LogP contribution < -0.4 is 0 Å². The zero-order valence-electron chi connectivity index (χ0n) is 45.5. The highest BCUT2D eigenvalue weighted by molar-refractivity contribution is 6.04. The van der Waals surface area contributed by atoms with Crippen molar-refractivity contribution in [1.82, 2.24) is 34.9 Å². The van der Waals surface area contributed by atoms with Crippen LogP contribution in [0.1, 0.15) is 5.56 Å². The number of aromatic nitrogens is 7. The topological polar surface area (TPSA) is 127 Å². The monoisotopic (exact) mass is 1090 g/mol. The molecule has 85 heavy (non-hydrogen) atoms. The van der Waals surface area contributed by atoms with Crippen molar-refractivity contribution < 1.29 is 4.42 Å². The third-order valence-corrected chi connectivity index (χ3v) is 15.5. The van der Waals surface area contributed by atoms with Gasteiger partial charge >= 0.3 is 0 Å². The number of hydrogen-bond donors (Lipinski definition) is 0. The fourth-order valence-electron chi connectivity index (χ4n) is 11.2. The molecule has 0 aliphatic carbocycles. The first-order valence-corrected chi connectivity index (χ1v) is 28.0. The molecule has 0 saturated heterocycles. The van der Waals surface area contributed by atoms with E-state index in [0.717, 1.165) is 111 Å². The van der Waals surface area contributed by atoms with Crippen LogP contribution in [-0.4, -0.2) is 34.9 Å². The first-order chi connectivity index (χ1) is 42.0. The summed E-state index contributed by atoms with van der Waals surface area (Å²) in [7, 11) is 0. The van der Waals surface area contributed by atoms with Gasteiger partial charge in [0.05, 0.1) is 11.6 Å². The second kappa shape index (κ2) is 21.6. The molecule has 9 heteroatoms. The fraction of sp³-hybridized carbons (Fsp3) is 0. The molecule has 0 amide bonds. The molecule has 396 valence electrons. The maximum Gasteiger partial charge on any atom is 0.227 e. The van der Waals surface area contributed by atoms with Crippen molar-refractivity contribution in [3.05, 3.63) is 285 Å². The molecule has 0 N–H and O–H groups in total. The normalized spacial score (nSPS) is 11.3. The van der Waals surface area contributed by atoms with Gasteiger partial charge in [0.15, 0.2) is 40.5 Å². The van der Waals surface area contributed by atoms with Crippen LogP contribution in [0.5, 0.6) is 0 Å². The smallest absolute Gasteiger partial charge is 0.227 e. The van der Waals surface area contributed by atoms with Crippen LogP contribution in [0.4, 0.5) is 0 Å². The Morgan fingerprint density at radius 2 is 0.671 bits per heavy atom. The molecule has 0 fully saturated rings. The minimum atomic E-state index is 0.518. The Kier molecular flexibility index (Phi) is 12.7. The van der Waals surface area contributed by atoms with Crippen molar-refractivity contribution in [3.63, 3.8) is 0 Å². The van der Waals surface area contributed by atoms with Gasteiger partial charge in [-0.2, -0.15) is 5.26 Å². The van der Waals surface area contributed by atoms with E-state index < -0.39 is 0 Å². The average Bonchev–Trinajstić information content (AvgIpc) is 2.72. The van der Waals surface area contributed by atoms with Crippen molar-refractivity contribution in [1.29, 1.82) is 5.26 Å².